The van der Waals surface area contributed by atoms with Crippen molar-refractivity contribution in [1.29, 1.82) is 0 Å². The molecule has 5 heteroatoms. The van der Waals surface area contributed by atoms with Gasteiger partial charge in [-0.3, -0.25) is 4.21 Å². The molecular formula is C13H11BrFNOS. The maximum Gasteiger partial charge on any atom is 0.123 e. The quantitative estimate of drug-likeness (QED) is 0.877. The van der Waals surface area contributed by atoms with E-state index in [0.717, 1.165) is 10.0 Å². The molecule has 94 valence electrons. The monoisotopic (exact) mass is 327 g/mol. The predicted octanol–water partition coefficient (Wildman–Crippen LogP) is 3.48. The van der Waals surface area contributed by atoms with Crippen molar-refractivity contribution in [3.8, 4) is 0 Å². The Morgan fingerprint density at radius 3 is 2.50 bits per heavy atom. The van der Waals surface area contributed by atoms with Crippen LogP contribution in [0.15, 0.2) is 51.8 Å². The molecule has 1 atom stereocenters. The van der Waals surface area contributed by atoms with E-state index in [1.54, 1.807) is 6.07 Å². The minimum atomic E-state index is -1.21. The molecule has 1 unspecified atom stereocenters. The molecule has 2 N–H and O–H groups in total. The Hall–Kier alpha value is -1.20. The summed E-state index contributed by atoms with van der Waals surface area (Å²) in [6.45, 7) is 0. The molecule has 0 aliphatic rings. The summed E-state index contributed by atoms with van der Waals surface area (Å²) in [4.78, 5) is 0.603. The molecule has 0 aliphatic carbocycles. The molecular weight excluding hydrogens is 317 g/mol. The zero-order valence-electron chi connectivity index (χ0n) is 9.40. The van der Waals surface area contributed by atoms with Gasteiger partial charge in [0.2, 0.25) is 0 Å². The number of nitrogens with two attached hydrogens (primary N) is 1. The fourth-order valence-electron chi connectivity index (χ4n) is 1.52. The fourth-order valence-corrected chi connectivity index (χ4v) is 3.24. The molecule has 2 aromatic rings. The largest absolute Gasteiger partial charge is 0.398 e. The standard InChI is InChI=1S/C13H11BrFNOS/c14-13-9(2-1-3-12(13)16)8-18(17)11-6-4-10(15)5-7-11/h1-7H,8,16H2. The molecule has 0 fully saturated rings. The highest BCUT2D eigenvalue weighted by atomic mass is 79.9. The van der Waals surface area contributed by atoms with Crippen molar-refractivity contribution in [2.45, 2.75) is 10.6 Å². The Morgan fingerprint density at radius 1 is 1.17 bits per heavy atom. The van der Waals surface area contributed by atoms with E-state index < -0.39 is 10.8 Å². The predicted molar refractivity (Wildman–Crippen MR) is 75.1 cm³/mol. The molecule has 2 aromatic carbocycles. The van der Waals surface area contributed by atoms with Crippen LogP contribution >= 0.6 is 15.9 Å². The third kappa shape index (κ3) is 2.97. The van der Waals surface area contributed by atoms with E-state index >= 15 is 0 Å². The summed E-state index contributed by atoms with van der Waals surface area (Å²) in [5.41, 5.74) is 7.25. The van der Waals surface area contributed by atoms with E-state index in [4.69, 9.17) is 5.73 Å². The summed E-state index contributed by atoms with van der Waals surface area (Å²) in [6.07, 6.45) is 0. The van der Waals surface area contributed by atoms with Gasteiger partial charge in [0.25, 0.3) is 0 Å². The van der Waals surface area contributed by atoms with Gasteiger partial charge in [0.1, 0.15) is 5.82 Å². The molecule has 0 radical (unpaired) electrons. The molecule has 0 heterocycles. The van der Waals surface area contributed by atoms with Crippen LogP contribution in [-0.2, 0) is 16.6 Å². The lowest BCUT2D eigenvalue weighted by Crippen LogP contribution is -1.99. The average Bonchev–Trinajstić information content (AvgIpc) is 2.36. The first-order valence-corrected chi connectivity index (χ1v) is 7.36. The molecule has 18 heavy (non-hydrogen) atoms. The average molecular weight is 328 g/mol. The first-order valence-electron chi connectivity index (χ1n) is 5.25. The van der Waals surface area contributed by atoms with Gasteiger partial charge in [0, 0.05) is 15.1 Å². The van der Waals surface area contributed by atoms with Gasteiger partial charge in [0.05, 0.1) is 16.6 Å². The first-order chi connectivity index (χ1) is 8.58. The summed E-state index contributed by atoms with van der Waals surface area (Å²) in [7, 11) is -1.21. The summed E-state index contributed by atoms with van der Waals surface area (Å²) >= 11 is 3.37. The molecule has 2 rings (SSSR count). The van der Waals surface area contributed by atoms with Crippen LogP contribution in [-0.4, -0.2) is 4.21 Å². The highest BCUT2D eigenvalue weighted by molar-refractivity contribution is 9.10. The van der Waals surface area contributed by atoms with Gasteiger partial charge < -0.3 is 5.73 Å². The van der Waals surface area contributed by atoms with Gasteiger partial charge in [0.15, 0.2) is 0 Å². The molecule has 0 spiro atoms. The third-order valence-corrected chi connectivity index (χ3v) is 4.81. The number of benzene rings is 2. The van der Waals surface area contributed by atoms with Crippen molar-refractivity contribution in [3.05, 3.63) is 58.3 Å². The Labute approximate surface area is 116 Å². The van der Waals surface area contributed by atoms with Gasteiger partial charge in [-0.05, 0) is 51.8 Å². The SMILES string of the molecule is Nc1cccc(CS(=O)c2ccc(F)cc2)c1Br. The van der Waals surface area contributed by atoms with Crippen molar-refractivity contribution in [1.82, 2.24) is 0 Å². The van der Waals surface area contributed by atoms with Crippen LogP contribution in [0.5, 0.6) is 0 Å². The summed E-state index contributed by atoms with van der Waals surface area (Å²) in [5.74, 6) is 0.0120. The lowest BCUT2D eigenvalue weighted by atomic mass is 10.2. The van der Waals surface area contributed by atoms with Crippen LogP contribution in [0.3, 0.4) is 0 Å². The summed E-state index contributed by atoms with van der Waals surface area (Å²) in [6, 6.07) is 11.1. The molecule has 0 aliphatic heterocycles. The summed E-state index contributed by atoms with van der Waals surface area (Å²) < 4.78 is 25.7. The van der Waals surface area contributed by atoms with E-state index in [2.05, 4.69) is 15.9 Å². The van der Waals surface area contributed by atoms with Crippen molar-refractivity contribution in [2.75, 3.05) is 5.73 Å². The number of rotatable bonds is 3. The van der Waals surface area contributed by atoms with E-state index in [0.29, 0.717) is 16.3 Å². The number of anilines is 1. The lowest BCUT2D eigenvalue weighted by molar-refractivity contribution is 0.626. The van der Waals surface area contributed by atoms with Crippen LogP contribution < -0.4 is 5.73 Å². The maximum absolute atomic E-state index is 12.8. The van der Waals surface area contributed by atoms with Gasteiger partial charge in [-0.2, -0.15) is 0 Å². The molecule has 2 nitrogen and oxygen atoms in total. The Balaban J connectivity index is 2.21. The smallest absolute Gasteiger partial charge is 0.123 e. The van der Waals surface area contributed by atoms with E-state index in [1.807, 2.05) is 12.1 Å². The number of hydrogen-bond acceptors (Lipinski definition) is 2. The second-order valence-electron chi connectivity index (χ2n) is 3.76. The minimum Gasteiger partial charge on any atom is -0.398 e. The zero-order chi connectivity index (χ0) is 13.1. The summed E-state index contributed by atoms with van der Waals surface area (Å²) in [5, 5.41) is 0. The molecule has 0 saturated heterocycles. The molecule has 0 aromatic heterocycles. The highest BCUT2D eigenvalue weighted by Crippen LogP contribution is 2.26. The van der Waals surface area contributed by atoms with Gasteiger partial charge in [-0.15, -0.1) is 0 Å². The van der Waals surface area contributed by atoms with Crippen molar-refractivity contribution in [2.24, 2.45) is 0 Å². The number of halogens is 2. The van der Waals surface area contributed by atoms with E-state index in [9.17, 15) is 8.60 Å². The van der Waals surface area contributed by atoms with Gasteiger partial charge in [-0.25, -0.2) is 4.39 Å². The number of nitrogen functional groups attached to an aromatic ring is 1. The second kappa shape index (κ2) is 5.63. The maximum atomic E-state index is 12.8. The van der Waals surface area contributed by atoms with Crippen molar-refractivity contribution in [3.63, 3.8) is 0 Å². The van der Waals surface area contributed by atoms with E-state index in [1.165, 1.54) is 24.3 Å². The molecule has 0 saturated carbocycles. The molecule has 0 bridgehead atoms. The minimum absolute atomic E-state index is 0.333. The van der Waals surface area contributed by atoms with E-state index in [-0.39, 0.29) is 5.82 Å². The topological polar surface area (TPSA) is 43.1 Å². The Bertz CT molecular complexity index is 586. The molecule has 0 amide bonds. The van der Waals surface area contributed by atoms with Crippen LogP contribution in [0.4, 0.5) is 10.1 Å². The fraction of sp³-hybridized carbons (Fsp3) is 0.0769. The third-order valence-electron chi connectivity index (χ3n) is 2.47. The normalized spacial score (nSPS) is 12.3. The number of hydrogen-bond donors (Lipinski definition) is 1. The second-order valence-corrected chi connectivity index (χ2v) is 6.01. The lowest BCUT2D eigenvalue weighted by Gasteiger charge is -2.07. The van der Waals surface area contributed by atoms with Crippen LogP contribution in [0.1, 0.15) is 5.56 Å². The van der Waals surface area contributed by atoms with Crippen molar-refractivity contribution >= 4 is 32.4 Å². The first kappa shape index (κ1) is 13.2. The van der Waals surface area contributed by atoms with Crippen LogP contribution in [0.2, 0.25) is 0 Å². The van der Waals surface area contributed by atoms with Crippen LogP contribution in [0.25, 0.3) is 0 Å². The Kier molecular flexibility index (Phi) is 4.14. The Morgan fingerprint density at radius 2 is 1.83 bits per heavy atom. The van der Waals surface area contributed by atoms with Crippen molar-refractivity contribution < 1.29 is 8.60 Å². The van der Waals surface area contributed by atoms with Gasteiger partial charge in [-0.1, -0.05) is 12.1 Å². The van der Waals surface area contributed by atoms with Crippen LogP contribution in [0, 0.1) is 5.82 Å². The van der Waals surface area contributed by atoms with Gasteiger partial charge >= 0.3 is 0 Å². The highest BCUT2D eigenvalue weighted by Gasteiger charge is 2.09. The zero-order valence-corrected chi connectivity index (χ0v) is 11.8.